The van der Waals surface area contributed by atoms with Gasteiger partial charge in [0, 0.05) is 17.2 Å². The van der Waals surface area contributed by atoms with Gasteiger partial charge in [0.25, 0.3) is 5.91 Å². The van der Waals surface area contributed by atoms with Crippen molar-refractivity contribution in [3.8, 4) is 5.75 Å². The van der Waals surface area contributed by atoms with Crippen molar-refractivity contribution in [3.63, 3.8) is 0 Å². The molecule has 1 aliphatic carbocycles. The molecule has 0 unspecified atom stereocenters. The molecule has 1 aliphatic rings. The normalized spacial score (nSPS) is 13.9. The van der Waals surface area contributed by atoms with Gasteiger partial charge < -0.3 is 10.1 Å². The number of aromatic nitrogens is 2. The van der Waals surface area contributed by atoms with E-state index in [2.05, 4.69) is 10.4 Å². The van der Waals surface area contributed by atoms with Crippen molar-refractivity contribution in [2.75, 3.05) is 11.9 Å². The van der Waals surface area contributed by atoms with E-state index in [0.717, 1.165) is 12.8 Å². The second kappa shape index (κ2) is 8.90. The zero-order valence-electron chi connectivity index (χ0n) is 16.4. The van der Waals surface area contributed by atoms with Gasteiger partial charge in [-0.2, -0.15) is 5.10 Å². The lowest BCUT2D eigenvalue weighted by molar-refractivity contribution is -0.118. The summed E-state index contributed by atoms with van der Waals surface area (Å²) in [6, 6.07) is 14.0. The van der Waals surface area contributed by atoms with Gasteiger partial charge in [-0.3, -0.25) is 9.59 Å². The van der Waals surface area contributed by atoms with Crippen LogP contribution in [-0.2, 0) is 4.79 Å². The molecule has 30 heavy (non-hydrogen) atoms. The minimum atomic E-state index is -0.389. The molecule has 1 amide bonds. The highest BCUT2D eigenvalue weighted by atomic mass is 19.1. The summed E-state index contributed by atoms with van der Waals surface area (Å²) in [5.41, 5.74) is 0.863. The maximum Gasteiger partial charge on any atom is 0.263 e. The fraction of sp³-hybridized carbons (Fsp3) is 0.261. The van der Waals surface area contributed by atoms with Crippen LogP contribution in [0.4, 0.5) is 10.2 Å². The Morgan fingerprint density at radius 1 is 1.00 bits per heavy atom. The molecule has 0 atom stereocenters. The highest BCUT2D eigenvalue weighted by Gasteiger charge is 2.20. The number of nitrogens with one attached hydrogen (secondary N) is 1. The first-order chi connectivity index (χ1) is 14.6. The van der Waals surface area contributed by atoms with Crippen LogP contribution in [-0.4, -0.2) is 28.1 Å². The van der Waals surface area contributed by atoms with E-state index in [1.807, 2.05) is 4.68 Å². The monoisotopic (exact) mass is 407 g/mol. The summed E-state index contributed by atoms with van der Waals surface area (Å²) in [6.07, 6.45) is 6.20. The number of carbonyl (C=O) groups excluding carboxylic acids is 2. The van der Waals surface area contributed by atoms with E-state index in [-0.39, 0.29) is 24.1 Å². The average Bonchev–Trinajstić information content (AvgIpc) is 3.44. The van der Waals surface area contributed by atoms with Crippen molar-refractivity contribution < 1.29 is 18.7 Å². The summed E-state index contributed by atoms with van der Waals surface area (Å²) in [5, 5.41) is 7.18. The molecular formula is C23H22FN3O3. The van der Waals surface area contributed by atoms with Crippen molar-refractivity contribution >= 4 is 17.5 Å². The Morgan fingerprint density at radius 3 is 2.30 bits per heavy atom. The lowest BCUT2D eigenvalue weighted by Gasteiger charge is -2.14. The van der Waals surface area contributed by atoms with Crippen LogP contribution in [0.3, 0.4) is 0 Å². The number of amides is 1. The van der Waals surface area contributed by atoms with E-state index in [0.29, 0.717) is 28.7 Å². The standard InChI is InChI=1S/C23H22FN3O3/c24-18-9-5-16(6-10-18)23(29)17-7-11-20(12-8-17)30-15-22(28)26-21-13-14-25-27(21)19-3-1-2-4-19/h5-14,19H,1-4,15H2,(H,26,28). The van der Waals surface area contributed by atoms with Gasteiger partial charge in [0.05, 0.1) is 12.2 Å². The van der Waals surface area contributed by atoms with Gasteiger partial charge in [0.1, 0.15) is 17.4 Å². The van der Waals surface area contributed by atoms with Gasteiger partial charge in [0.15, 0.2) is 12.4 Å². The van der Waals surface area contributed by atoms with E-state index >= 15 is 0 Å². The molecular weight excluding hydrogens is 385 g/mol. The minimum Gasteiger partial charge on any atom is -0.484 e. The van der Waals surface area contributed by atoms with Crippen molar-refractivity contribution in [2.45, 2.75) is 31.7 Å². The van der Waals surface area contributed by atoms with Crippen LogP contribution in [0.25, 0.3) is 0 Å². The second-order valence-electron chi connectivity index (χ2n) is 7.30. The van der Waals surface area contributed by atoms with Gasteiger partial charge in [-0.15, -0.1) is 0 Å². The third kappa shape index (κ3) is 4.56. The molecule has 1 aromatic heterocycles. The first kappa shape index (κ1) is 19.8. The van der Waals surface area contributed by atoms with Crippen LogP contribution < -0.4 is 10.1 Å². The summed E-state index contributed by atoms with van der Waals surface area (Å²) in [6.45, 7) is -0.152. The number of ketones is 1. The highest BCUT2D eigenvalue weighted by Crippen LogP contribution is 2.31. The van der Waals surface area contributed by atoms with Crippen LogP contribution in [0.15, 0.2) is 60.8 Å². The number of hydrogen-bond acceptors (Lipinski definition) is 4. The average molecular weight is 407 g/mol. The molecule has 1 fully saturated rings. The van der Waals surface area contributed by atoms with Crippen LogP contribution in [0.2, 0.25) is 0 Å². The van der Waals surface area contributed by atoms with Gasteiger partial charge in [-0.25, -0.2) is 9.07 Å². The summed E-state index contributed by atoms with van der Waals surface area (Å²) >= 11 is 0. The number of halogens is 1. The molecule has 0 radical (unpaired) electrons. The number of hydrogen-bond donors (Lipinski definition) is 1. The molecule has 1 saturated carbocycles. The van der Waals surface area contributed by atoms with E-state index in [9.17, 15) is 14.0 Å². The fourth-order valence-corrected chi connectivity index (χ4v) is 3.65. The molecule has 0 saturated heterocycles. The molecule has 0 bridgehead atoms. The Kier molecular flexibility index (Phi) is 5.88. The Labute approximate surface area is 173 Å². The predicted molar refractivity (Wildman–Crippen MR) is 110 cm³/mol. The quantitative estimate of drug-likeness (QED) is 0.590. The van der Waals surface area contributed by atoms with E-state index in [1.165, 1.54) is 37.1 Å². The number of nitrogens with zero attached hydrogens (tertiary/aromatic N) is 2. The molecule has 0 spiro atoms. The van der Waals surface area contributed by atoms with Crippen molar-refractivity contribution in [2.24, 2.45) is 0 Å². The molecule has 4 rings (SSSR count). The molecule has 1 heterocycles. The van der Waals surface area contributed by atoms with Gasteiger partial charge in [-0.1, -0.05) is 12.8 Å². The highest BCUT2D eigenvalue weighted by molar-refractivity contribution is 6.09. The van der Waals surface area contributed by atoms with E-state index < -0.39 is 0 Å². The number of benzene rings is 2. The summed E-state index contributed by atoms with van der Waals surface area (Å²) in [5.74, 6) is 0.279. The van der Waals surface area contributed by atoms with Crippen molar-refractivity contribution in [3.05, 3.63) is 77.7 Å². The number of anilines is 1. The largest absolute Gasteiger partial charge is 0.484 e. The third-order valence-electron chi connectivity index (χ3n) is 5.20. The van der Waals surface area contributed by atoms with Gasteiger partial charge in [0.2, 0.25) is 0 Å². The Hall–Kier alpha value is -3.48. The summed E-state index contributed by atoms with van der Waals surface area (Å²) < 4.78 is 20.4. The Morgan fingerprint density at radius 2 is 1.63 bits per heavy atom. The zero-order valence-corrected chi connectivity index (χ0v) is 16.4. The minimum absolute atomic E-state index is 0.152. The Balaban J connectivity index is 1.32. The van der Waals surface area contributed by atoms with Crippen LogP contribution >= 0.6 is 0 Å². The third-order valence-corrected chi connectivity index (χ3v) is 5.20. The smallest absolute Gasteiger partial charge is 0.263 e. The summed E-state index contributed by atoms with van der Waals surface area (Å²) in [7, 11) is 0. The van der Waals surface area contributed by atoms with E-state index in [4.69, 9.17) is 4.74 Å². The number of ether oxygens (including phenoxy) is 1. The molecule has 2 aromatic carbocycles. The SMILES string of the molecule is O=C(COc1ccc(C(=O)c2ccc(F)cc2)cc1)Nc1ccnn1C1CCCC1. The first-order valence-electron chi connectivity index (χ1n) is 9.96. The van der Waals surface area contributed by atoms with Gasteiger partial charge in [-0.05, 0) is 61.4 Å². The molecule has 3 aromatic rings. The summed E-state index contributed by atoms with van der Waals surface area (Å²) in [4.78, 5) is 24.7. The maximum atomic E-state index is 13.0. The van der Waals surface area contributed by atoms with Crippen LogP contribution in [0, 0.1) is 5.82 Å². The topological polar surface area (TPSA) is 73.2 Å². The second-order valence-corrected chi connectivity index (χ2v) is 7.30. The molecule has 0 aliphatic heterocycles. The number of rotatable bonds is 7. The first-order valence-corrected chi connectivity index (χ1v) is 9.96. The maximum absolute atomic E-state index is 13.0. The van der Waals surface area contributed by atoms with Crippen LogP contribution in [0.1, 0.15) is 47.6 Å². The predicted octanol–water partition coefficient (Wildman–Crippen LogP) is 4.39. The van der Waals surface area contributed by atoms with Crippen molar-refractivity contribution in [1.82, 2.24) is 9.78 Å². The fourth-order valence-electron chi connectivity index (χ4n) is 3.65. The number of carbonyl (C=O) groups is 2. The molecule has 6 nitrogen and oxygen atoms in total. The Bertz CT molecular complexity index is 1020. The van der Waals surface area contributed by atoms with Gasteiger partial charge >= 0.3 is 0 Å². The zero-order chi connectivity index (χ0) is 20.9. The lowest BCUT2D eigenvalue weighted by Crippen LogP contribution is -2.23. The molecule has 154 valence electrons. The lowest BCUT2D eigenvalue weighted by atomic mass is 10.0. The van der Waals surface area contributed by atoms with E-state index in [1.54, 1.807) is 36.5 Å². The molecule has 1 N–H and O–H groups in total. The van der Waals surface area contributed by atoms with Crippen molar-refractivity contribution in [1.29, 1.82) is 0 Å². The van der Waals surface area contributed by atoms with Crippen LogP contribution in [0.5, 0.6) is 5.75 Å². The molecule has 7 heteroatoms.